The third kappa shape index (κ3) is 5.93. The molecule has 1 rings (SSSR count). The summed E-state index contributed by atoms with van der Waals surface area (Å²) in [6.07, 6.45) is 1.80. The molecule has 0 atom stereocenters. The van der Waals surface area contributed by atoms with Crippen molar-refractivity contribution in [3.63, 3.8) is 0 Å². The van der Waals surface area contributed by atoms with E-state index in [0.29, 0.717) is 12.4 Å². The van der Waals surface area contributed by atoms with Crippen molar-refractivity contribution in [3.05, 3.63) is 11.8 Å². The summed E-state index contributed by atoms with van der Waals surface area (Å²) >= 11 is 0. The van der Waals surface area contributed by atoms with E-state index in [4.69, 9.17) is 4.74 Å². The van der Waals surface area contributed by atoms with E-state index in [1.165, 1.54) is 6.92 Å². The molecule has 5 nitrogen and oxygen atoms in total. The van der Waals surface area contributed by atoms with E-state index in [9.17, 15) is 4.79 Å². The van der Waals surface area contributed by atoms with Crippen molar-refractivity contribution in [3.8, 4) is 0 Å². The number of morpholine rings is 1. The predicted molar refractivity (Wildman–Crippen MR) is 72.8 cm³/mol. The number of hydrogen-bond acceptors (Lipinski definition) is 4. The molecule has 0 unspecified atom stereocenters. The summed E-state index contributed by atoms with van der Waals surface area (Å²) in [6, 6.07) is 0. The van der Waals surface area contributed by atoms with Crippen molar-refractivity contribution in [1.29, 1.82) is 0 Å². The van der Waals surface area contributed by atoms with Crippen LogP contribution >= 0.6 is 0 Å². The Morgan fingerprint density at radius 3 is 2.56 bits per heavy atom. The molecule has 1 fully saturated rings. The van der Waals surface area contributed by atoms with Gasteiger partial charge in [0.25, 0.3) is 0 Å². The summed E-state index contributed by atoms with van der Waals surface area (Å²) in [4.78, 5) is 18.0. The molecule has 0 amide bonds. The molecule has 0 radical (unpaired) electrons. The molecule has 1 saturated heterocycles. The molecule has 5 heteroatoms. The summed E-state index contributed by atoms with van der Waals surface area (Å²) in [5.41, 5.74) is 1.11. The summed E-state index contributed by atoms with van der Waals surface area (Å²) in [7, 11) is 0. The van der Waals surface area contributed by atoms with Crippen molar-refractivity contribution in [2.45, 2.75) is 20.8 Å². The van der Waals surface area contributed by atoms with E-state index in [-0.39, 0.29) is 5.78 Å². The van der Waals surface area contributed by atoms with Crippen LogP contribution in [0.3, 0.4) is 0 Å². The Morgan fingerprint density at radius 1 is 1.33 bits per heavy atom. The van der Waals surface area contributed by atoms with E-state index >= 15 is 0 Å². The molecule has 0 bridgehead atoms. The van der Waals surface area contributed by atoms with Crippen LogP contribution in [0.1, 0.15) is 20.8 Å². The van der Waals surface area contributed by atoms with Crippen molar-refractivity contribution in [1.82, 2.24) is 10.2 Å². The number of carbonyl (C=O) groups is 1. The fraction of sp³-hybridized carbons (Fsp3) is 0.692. The average molecular weight is 253 g/mol. The Balaban J connectivity index is 2.39. The number of carbonyl (C=O) groups excluding carboxylic acids is 1. The van der Waals surface area contributed by atoms with Gasteiger partial charge >= 0.3 is 0 Å². The number of hydrogen-bond donors (Lipinski definition) is 1. The zero-order valence-corrected chi connectivity index (χ0v) is 11.5. The molecular weight excluding hydrogens is 230 g/mol. The summed E-state index contributed by atoms with van der Waals surface area (Å²) in [5.74, 6) is 0.402. The van der Waals surface area contributed by atoms with Crippen molar-refractivity contribution < 1.29 is 9.53 Å². The Bertz CT molecular complexity index is 327. The second-order valence-corrected chi connectivity index (χ2v) is 4.61. The van der Waals surface area contributed by atoms with E-state index in [1.807, 2.05) is 13.8 Å². The van der Waals surface area contributed by atoms with E-state index < -0.39 is 0 Å². The molecule has 1 aliphatic rings. The first kappa shape index (κ1) is 14.9. The predicted octanol–water partition coefficient (Wildman–Crippen LogP) is 0.819. The smallest absolute Gasteiger partial charge is 0.194 e. The lowest BCUT2D eigenvalue weighted by atomic mass is 10.3. The second-order valence-electron chi connectivity index (χ2n) is 4.61. The van der Waals surface area contributed by atoms with Gasteiger partial charge in [-0.2, -0.15) is 0 Å². The average Bonchev–Trinajstić information content (AvgIpc) is 2.34. The van der Waals surface area contributed by atoms with E-state index in [1.54, 1.807) is 6.20 Å². The minimum Gasteiger partial charge on any atom is -0.379 e. The first-order valence-electron chi connectivity index (χ1n) is 6.35. The van der Waals surface area contributed by atoms with Gasteiger partial charge in [-0.1, -0.05) is 5.57 Å². The highest BCUT2D eigenvalue weighted by molar-refractivity contribution is 6.38. The van der Waals surface area contributed by atoms with Crippen LogP contribution in [-0.4, -0.2) is 55.9 Å². The number of rotatable bonds is 5. The van der Waals surface area contributed by atoms with Crippen LogP contribution in [0.4, 0.5) is 0 Å². The molecule has 102 valence electrons. The van der Waals surface area contributed by atoms with Gasteiger partial charge in [0.2, 0.25) is 0 Å². The largest absolute Gasteiger partial charge is 0.379 e. The lowest BCUT2D eigenvalue weighted by Gasteiger charge is -2.25. The number of nitrogens with one attached hydrogen (secondary N) is 1. The quantitative estimate of drug-likeness (QED) is 0.582. The summed E-state index contributed by atoms with van der Waals surface area (Å²) < 4.78 is 5.28. The third-order valence-corrected chi connectivity index (χ3v) is 2.62. The standard InChI is InChI=1S/C13H23N3O2/c1-11(2)10-15-13(12(3)17)14-4-5-16-6-8-18-9-7-16/h10H,4-9H2,1-3H3,(H,14,15). The molecule has 0 spiro atoms. The van der Waals surface area contributed by atoms with Crippen LogP contribution in [0.2, 0.25) is 0 Å². The van der Waals surface area contributed by atoms with Gasteiger partial charge in [-0.15, -0.1) is 0 Å². The van der Waals surface area contributed by atoms with Crippen molar-refractivity contribution in [2.75, 3.05) is 39.4 Å². The number of aliphatic imine (C=N–C) groups is 1. The maximum atomic E-state index is 11.4. The molecule has 0 aromatic rings. The molecule has 1 N–H and O–H groups in total. The topological polar surface area (TPSA) is 53.9 Å². The van der Waals surface area contributed by atoms with Crippen LogP contribution in [0.15, 0.2) is 16.8 Å². The summed E-state index contributed by atoms with van der Waals surface area (Å²) in [6.45, 7) is 10.5. The van der Waals surface area contributed by atoms with Gasteiger partial charge in [-0.3, -0.25) is 14.7 Å². The molecule has 1 heterocycles. The summed E-state index contributed by atoms with van der Waals surface area (Å²) in [5, 5.41) is 2.95. The SMILES string of the molecule is CC(=O)C(=NCCN1CCOCC1)NC=C(C)C. The minimum absolute atomic E-state index is 0.0329. The Hall–Kier alpha value is -1.20. The Labute approximate surface area is 109 Å². The van der Waals surface area contributed by atoms with Gasteiger partial charge in [0.15, 0.2) is 11.6 Å². The highest BCUT2D eigenvalue weighted by Gasteiger charge is 2.09. The van der Waals surface area contributed by atoms with Gasteiger partial charge in [-0.25, -0.2) is 0 Å². The van der Waals surface area contributed by atoms with Gasteiger partial charge < -0.3 is 10.1 Å². The van der Waals surface area contributed by atoms with Gasteiger partial charge in [0.05, 0.1) is 19.8 Å². The zero-order valence-electron chi connectivity index (χ0n) is 11.5. The van der Waals surface area contributed by atoms with E-state index in [2.05, 4.69) is 15.2 Å². The van der Waals surface area contributed by atoms with Crippen LogP contribution in [-0.2, 0) is 9.53 Å². The molecule has 18 heavy (non-hydrogen) atoms. The molecule has 0 aliphatic carbocycles. The number of allylic oxidation sites excluding steroid dienone is 1. The molecule has 1 aliphatic heterocycles. The van der Waals surface area contributed by atoms with Crippen LogP contribution in [0.25, 0.3) is 0 Å². The normalized spacial score (nSPS) is 17.4. The molecular formula is C13H23N3O2. The Morgan fingerprint density at radius 2 is 2.00 bits per heavy atom. The van der Waals surface area contributed by atoms with Crippen molar-refractivity contribution >= 4 is 11.6 Å². The van der Waals surface area contributed by atoms with E-state index in [0.717, 1.165) is 38.4 Å². The first-order chi connectivity index (χ1) is 8.59. The fourth-order valence-electron chi connectivity index (χ4n) is 1.60. The van der Waals surface area contributed by atoms with Crippen LogP contribution in [0, 0.1) is 0 Å². The third-order valence-electron chi connectivity index (χ3n) is 2.62. The van der Waals surface area contributed by atoms with Gasteiger partial charge in [0.1, 0.15) is 0 Å². The molecule has 0 aromatic carbocycles. The zero-order chi connectivity index (χ0) is 13.4. The number of nitrogens with zero attached hydrogens (tertiary/aromatic N) is 2. The number of ether oxygens (including phenoxy) is 1. The lowest BCUT2D eigenvalue weighted by Crippen LogP contribution is -2.38. The maximum Gasteiger partial charge on any atom is 0.194 e. The second kappa shape index (κ2) is 8.00. The first-order valence-corrected chi connectivity index (χ1v) is 6.35. The van der Waals surface area contributed by atoms with Gasteiger partial charge in [0, 0.05) is 32.8 Å². The van der Waals surface area contributed by atoms with Gasteiger partial charge in [-0.05, 0) is 13.8 Å². The maximum absolute atomic E-state index is 11.4. The lowest BCUT2D eigenvalue weighted by molar-refractivity contribution is -0.111. The number of amidine groups is 1. The van der Waals surface area contributed by atoms with Crippen molar-refractivity contribution in [2.24, 2.45) is 4.99 Å². The number of Topliss-reactive ketones (excluding diaryl/α,β-unsaturated/α-hetero) is 1. The highest BCUT2D eigenvalue weighted by atomic mass is 16.5. The monoisotopic (exact) mass is 253 g/mol. The molecule has 0 aromatic heterocycles. The highest BCUT2D eigenvalue weighted by Crippen LogP contribution is 1.96. The molecule has 0 saturated carbocycles. The minimum atomic E-state index is -0.0329. The van der Waals surface area contributed by atoms with Crippen LogP contribution in [0.5, 0.6) is 0 Å². The van der Waals surface area contributed by atoms with Crippen LogP contribution < -0.4 is 5.32 Å². The number of ketones is 1. The Kier molecular flexibility index (Phi) is 6.60. The fourth-order valence-corrected chi connectivity index (χ4v) is 1.60.